The third-order valence-electron chi connectivity index (χ3n) is 5.67. The van der Waals surface area contributed by atoms with Crippen LogP contribution >= 0.6 is 22.9 Å². The number of carbonyl (C=O) groups excluding carboxylic acids is 2. The number of halogens is 1. The molecule has 7 heteroatoms. The van der Waals surface area contributed by atoms with Crippen LogP contribution in [0.1, 0.15) is 35.3 Å². The zero-order chi connectivity index (χ0) is 23.4. The number of hydrogen-bond acceptors (Lipinski definition) is 6. The highest BCUT2D eigenvalue weighted by molar-refractivity contribution is 7.16. The number of benzene rings is 2. The lowest BCUT2D eigenvalue weighted by Crippen LogP contribution is -2.33. The number of esters is 1. The van der Waals surface area contributed by atoms with E-state index in [9.17, 15) is 9.59 Å². The number of ketones is 1. The van der Waals surface area contributed by atoms with Crippen molar-refractivity contribution < 1.29 is 14.3 Å². The van der Waals surface area contributed by atoms with Gasteiger partial charge >= 0.3 is 5.97 Å². The second-order valence-corrected chi connectivity index (χ2v) is 9.34. The highest BCUT2D eigenvalue weighted by Gasteiger charge is 2.42. The third-order valence-corrected chi connectivity index (χ3v) is 7.38. The van der Waals surface area contributed by atoms with Crippen LogP contribution in [0, 0.1) is 5.92 Å². The molecule has 0 saturated heterocycles. The number of ether oxygens (including phenoxy) is 1. The van der Waals surface area contributed by atoms with Gasteiger partial charge in [0.05, 0.1) is 11.5 Å². The van der Waals surface area contributed by atoms with Crippen molar-refractivity contribution in [3.63, 3.8) is 0 Å². The number of allylic oxidation sites excluding steroid dienone is 2. The second-order valence-electron chi connectivity index (χ2n) is 7.97. The summed E-state index contributed by atoms with van der Waals surface area (Å²) in [6, 6.07) is 19.8. The van der Waals surface area contributed by atoms with Crippen molar-refractivity contribution in [3.8, 4) is 0 Å². The first-order chi connectivity index (χ1) is 16.0. The maximum absolute atomic E-state index is 13.1. The van der Waals surface area contributed by atoms with Crippen molar-refractivity contribution in [2.45, 2.75) is 25.8 Å². The fourth-order valence-corrected chi connectivity index (χ4v) is 5.54. The Hall–Kier alpha value is -2.96. The average molecular weight is 481 g/mol. The molecule has 0 amide bonds. The van der Waals surface area contributed by atoms with Crippen molar-refractivity contribution in [3.05, 3.63) is 87.9 Å². The fourth-order valence-electron chi connectivity index (χ4n) is 4.10. The molecule has 170 valence electrons. The molecular weight excluding hydrogens is 456 g/mol. The molecule has 1 aliphatic rings. The summed E-state index contributed by atoms with van der Waals surface area (Å²) in [5, 5.41) is 1.07. The number of anilines is 1. The van der Waals surface area contributed by atoms with Crippen LogP contribution in [-0.2, 0) is 20.9 Å². The average Bonchev–Trinajstić information content (AvgIpc) is 3.21. The monoisotopic (exact) mass is 480 g/mol. The molecule has 0 aliphatic heterocycles. The Bertz CT molecular complexity index is 1160. The maximum Gasteiger partial charge on any atom is 0.317 e. The first-order valence-corrected chi connectivity index (χ1v) is 12.0. The van der Waals surface area contributed by atoms with Crippen LogP contribution < -0.4 is 4.90 Å². The van der Waals surface area contributed by atoms with Gasteiger partial charge in [0.1, 0.15) is 11.1 Å². The molecule has 2 unspecified atom stereocenters. The molecule has 0 N–H and O–H groups in total. The summed E-state index contributed by atoms with van der Waals surface area (Å²) in [7, 11) is 1.95. The van der Waals surface area contributed by atoms with Crippen molar-refractivity contribution in [1.29, 1.82) is 0 Å². The lowest BCUT2D eigenvalue weighted by Gasteiger charge is -2.28. The molecule has 0 spiro atoms. The molecule has 33 heavy (non-hydrogen) atoms. The van der Waals surface area contributed by atoms with Gasteiger partial charge in [0.2, 0.25) is 0 Å². The molecule has 2 aromatic carbocycles. The van der Waals surface area contributed by atoms with Gasteiger partial charge in [-0.3, -0.25) is 9.59 Å². The zero-order valence-corrected chi connectivity index (χ0v) is 20.1. The minimum absolute atomic E-state index is 0.214. The van der Waals surface area contributed by atoms with E-state index in [1.165, 1.54) is 11.3 Å². The Morgan fingerprint density at radius 3 is 2.48 bits per heavy atom. The Morgan fingerprint density at radius 1 is 1.15 bits per heavy atom. The minimum atomic E-state index is -0.928. The maximum atomic E-state index is 13.1. The molecule has 1 heterocycles. The molecular formula is C26H25ClN2O3S. The summed E-state index contributed by atoms with van der Waals surface area (Å²) in [6.45, 7) is 2.62. The van der Waals surface area contributed by atoms with Gasteiger partial charge in [-0.1, -0.05) is 83.6 Å². The largest absolute Gasteiger partial charge is 0.465 e. The molecule has 0 radical (unpaired) electrons. The van der Waals surface area contributed by atoms with Gasteiger partial charge in [-0.2, -0.15) is 0 Å². The third kappa shape index (κ3) is 5.18. The molecule has 0 saturated carbocycles. The second kappa shape index (κ2) is 10.3. The molecule has 4 rings (SSSR count). The van der Waals surface area contributed by atoms with E-state index in [2.05, 4.69) is 17.1 Å². The standard InChI is InChI=1S/C26H25ClN2O3S/c1-3-32-25(31)22-20(14-19(15-21(22)30)18-12-8-5-9-13-18)23-24(27)28-26(33-23)29(2)16-17-10-6-4-7-11-17/h4-13,15,20,22H,3,14,16H2,1-2H3. The summed E-state index contributed by atoms with van der Waals surface area (Å²) in [5.74, 6) is -2.13. The molecule has 3 aromatic rings. The molecule has 1 aromatic heterocycles. The van der Waals surface area contributed by atoms with Crippen LogP contribution in [-0.4, -0.2) is 30.4 Å². The summed E-state index contributed by atoms with van der Waals surface area (Å²) in [5.41, 5.74) is 2.99. The van der Waals surface area contributed by atoms with E-state index in [0.717, 1.165) is 26.7 Å². The molecule has 0 bridgehead atoms. The van der Waals surface area contributed by atoms with E-state index < -0.39 is 17.8 Å². The topological polar surface area (TPSA) is 59.5 Å². The van der Waals surface area contributed by atoms with E-state index in [1.54, 1.807) is 13.0 Å². The predicted molar refractivity (Wildman–Crippen MR) is 133 cm³/mol. The van der Waals surface area contributed by atoms with Crippen LogP contribution in [0.3, 0.4) is 0 Å². The van der Waals surface area contributed by atoms with Gasteiger partial charge < -0.3 is 9.64 Å². The Labute approximate surface area is 202 Å². The van der Waals surface area contributed by atoms with Crippen molar-refractivity contribution in [1.82, 2.24) is 4.98 Å². The Kier molecular flexibility index (Phi) is 7.26. The van der Waals surface area contributed by atoms with E-state index in [1.807, 2.05) is 60.5 Å². The van der Waals surface area contributed by atoms with Crippen LogP contribution in [0.2, 0.25) is 5.15 Å². The smallest absolute Gasteiger partial charge is 0.317 e. The van der Waals surface area contributed by atoms with Crippen LogP contribution in [0.15, 0.2) is 66.7 Å². The first kappa shape index (κ1) is 23.2. The van der Waals surface area contributed by atoms with Crippen molar-refractivity contribution >= 4 is 45.4 Å². The Morgan fingerprint density at radius 2 is 1.82 bits per heavy atom. The minimum Gasteiger partial charge on any atom is -0.465 e. The quantitative estimate of drug-likeness (QED) is 0.318. The highest BCUT2D eigenvalue weighted by atomic mass is 35.5. The van der Waals surface area contributed by atoms with Crippen LogP contribution in [0.5, 0.6) is 0 Å². The van der Waals surface area contributed by atoms with Gasteiger partial charge in [0.15, 0.2) is 10.9 Å². The lowest BCUT2D eigenvalue weighted by atomic mass is 9.76. The number of hydrogen-bond donors (Lipinski definition) is 0. The van der Waals surface area contributed by atoms with Gasteiger partial charge in [0.25, 0.3) is 0 Å². The molecule has 0 fully saturated rings. The van der Waals surface area contributed by atoms with E-state index in [0.29, 0.717) is 18.1 Å². The normalized spacial score (nSPS) is 18.0. The van der Waals surface area contributed by atoms with Crippen LogP contribution in [0.25, 0.3) is 5.57 Å². The fraction of sp³-hybridized carbons (Fsp3) is 0.269. The first-order valence-electron chi connectivity index (χ1n) is 10.9. The summed E-state index contributed by atoms with van der Waals surface area (Å²) in [6.07, 6.45) is 2.08. The van der Waals surface area contributed by atoms with Crippen LogP contribution in [0.4, 0.5) is 5.13 Å². The van der Waals surface area contributed by atoms with E-state index >= 15 is 0 Å². The van der Waals surface area contributed by atoms with Crippen molar-refractivity contribution in [2.75, 3.05) is 18.6 Å². The number of thiazole rings is 1. The van der Waals surface area contributed by atoms with Gasteiger partial charge in [-0.15, -0.1) is 0 Å². The summed E-state index contributed by atoms with van der Waals surface area (Å²) >= 11 is 8.03. The van der Waals surface area contributed by atoms with E-state index in [4.69, 9.17) is 16.3 Å². The SMILES string of the molecule is CCOC(=O)C1C(=O)C=C(c2ccccc2)CC1c1sc(N(C)Cc2ccccc2)nc1Cl. The number of carbonyl (C=O) groups is 2. The van der Waals surface area contributed by atoms with Gasteiger partial charge in [-0.05, 0) is 36.1 Å². The van der Waals surface area contributed by atoms with Crippen molar-refractivity contribution in [2.24, 2.45) is 5.92 Å². The summed E-state index contributed by atoms with van der Waals surface area (Å²) < 4.78 is 5.26. The lowest BCUT2D eigenvalue weighted by molar-refractivity contribution is -0.151. The van der Waals surface area contributed by atoms with Gasteiger partial charge in [-0.25, -0.2) is 4.98 Å². The number of nitrogens with zero attached hydrogens (tertiary/aromatic N) is 2. The number of aromatic nitrogens is 1. The molecule has 5 nitrogen and oxygen atoms in total. The summed E-state index contributed by atoms with van der Waals surface area (Å²) in [4.78, 5) is 33.2. The van der Waals surface area contributed by atoms with E-state index in [-0.39, 0.29) is 12.4 Å². The highest BCUT2D eigenvalue weighted by Crippen LogP contribution is 2.46. The molecule has 1 aliphatic carbocycles. The molecule has 2 atom stereocenters. The predicted octanol–water partition coefficient (Wildman–Crippen LogP) is 5.75. The zero-order valence-electron chi connectivity index (χ0n) is 18.5. The Balaban J connectivity index is 1.67. The van der Waals surface area contributed by atoms with Gasteiger partial charge in [0, 0.05) is 19.5 Å². The number of rotatable bonds is 7.